The third-order valence-corrected chi connectivity index (χ3v) is 10.5. The van der Waals surface area contributed by atoms with Gasteiger partial charge >= 0.3 is 0 Å². The quantitative estimate of drug-likeness (QED) is 0.128. The van der Waals surface area contributed by atoms with Gasteiger partial charge < -0.3 is 44.7 Å². The van der Waals surface area contributed by atoms with Gasteiger partial charge in [0.15, 0.2) is 17.9 Å². The van der Waals surface area contributed by atoms with Crippen LogP contribution in [0.5, 0.6) is 23.0 Å². The van der Waals surface area contributed by atoms with Gasteiger partial charge in [-0.1, -0.05) is 54.6 Å². The monoisotopic (exact) mass is 723 g/mol. The fourth-order valence-electron chi connectivity index (χ4n) is 7.56. The molecule has 1 fully saturated rings. The molecule has 1 heterocycles. The van der Waals surface area contributed by atoms with E-state index in [4.69, 9.17) is 18.9 Å². The number of hydrogen-bond acceptors (Lipinski definition) is 12. The van der Waals surface area contributed by atoms with Gasteiger partial charge in [-0.15, -0.1) is 0 Å². The Bertz CT molecular complexity index is 2080. The van der Waals surface area contributed by atoms with E-state index in [1.54, 1.807) is 6.92 Å². The SMILES string of the molecule is COc1cccc2c1C(=O)c1c(O)c3c(c(O)c1C2=O)C[C@@](O)(C(C)=O)C[C@@H]3O[C@H]1C[C@H](NCc2cccc(OCc3ccccc3)c2)[C@H](O)[C@H](C)O1. The van der Waals surface area contributed by atoms with Crippen molar-refractivity contribution in [3.05, 3.63) is 117 Å². The van der Waals surface area contributed by atoms with Crippen LogP contribution in [-0.2, 0) is 33.8 Å². The predicted octanol–water partition coefficient (Wildman–Crippen LogP) is 4.44. The molecule has 4 aromatic carbocycles. The Morgan fingerprint density at radius 3 is 2.40 bits per heavy atom. The highest BCUT2D eigenvalue weighted by Crippen LogP contribution is 2.52. The Morgan fingerprint density at radius 2 is 1.66 bits per heavy atom. The van der Waals surface area contributed by atoms with E-state index in [1.165, 1.54) is 32.2 Å². The number of phenols is 2. The van der Waals surface area contributed by atoms with Crippen LogP contribution >= 0.6 is 0 Å². The first-order valence-corrected chi connectivity index (χ1v) is 17.5. The number of Topliss-reactive ketones (excluding diaryl/α,β-unsaturated/α-hetero) is 1. The van der Waals surface area contributed by atoms with Gasteiger partial charge in [0, 0.05) is 48.5 Å². The topological polar surface area (TPSA) is 181 Å². The highest BCUT2D eigenvalue weighted by atomic mass is 16.7. The molecule has 12 heteroatoms. The minimum atomic E-state index is -2.04. The number of aliphatic hydroxyl groups excluding tert-OH is 1. The second-order valence-corrected chi connectivity index (χ2v) is 13.9. The number of nitrogens with one attached hydrogen (secondary N) is 1. The zero-order valence-electron chi connectivity index (χ0n) is 29.5. The maximum absolute atomic E-state index is 13.9. The molecule has 0 amide bonds. The Balaban J connectivity index is 1.15. The fraction of sp³-hybridized carbons (Fsp3) is 0.341. The molecule has 276 valence electrons. The van der Waals surface area contributed by atoms with Gasteiger partial charge in [0.05, 0.1) is 42.1 Å². The molecule has 4 aromatic rings. The summed E-state index contributed by atoms with van der Waals surface area (Å²) in [6.45, 7) is 3.67. The first-order valence-electron chi connectivity index (χ1n) is 17.5. The van der Waals surface area contributed by atoms with Crippen molar-refractivity contribution in [1.29, 1.82) is 0 Å². The summed E-state index contributed by atoms with van der Waals surface area (Å²) in [5.41, 5.74) is -1.14. The molecule has 6 atom stereocenters. The van der Waals surface area contributed by atoms with Crippen LogP contribution < -0.4 is 14.8 Å². The van der Waals surface area contributed by atoms with Gasteiger partial charge in [0.1, 0.15) is 35.2 Å². The van der Waals surface area contributed by atoms with Crippen LogP contribution in [-0.4, -0.2) is 75.0 Å². The van der Waals surface area contributed by atoms with Crippen molar-refractivity contribution in [2.45, 2.75) is 82.5 Å². The molecule has 0 unspecified atom stereocenters. The third kappa shape index (κ3) is 6.68. The number of aliphatic hydroxyl groups is 2. The van der Waals surface area contributed by atoms with Crippen molar-refractivity contribution in [1.82, 2.24) is 5.32 Å². The summed E-state index contributed by atoms with van der Waals surface area (Å²) in [6, 6.07) is 21.4. The van der Waals surface area contributed by atoms with Crippen molar-refractivity contribution in [2.24, 2.45) is 0 Å². The van der Waals surface area contributed by atoms with E-state index in [0.29, 0.717) is 18.9 Å². The van der Waals surface area contributed by atoms with E-state index in [-0.39, 0.29) is 40.8 Å². The first kappa shape index (κ1) is 36.3. The van der Waals surface area contributed by atoms with Crippen molar-refractivity contribution in [3.8, 4) is 23.0 Å². The minimum Gasteiger partial charge on any atom is -0.507 e. The van der Waals surface area contributed by atoms with Gasteiger partial charge in [-0.05, 0) is 43.2 Å². The lowest BCUT2D eigenvalue weighted by molar-refractivity contribution is -0.249. The van der Waals surface area contributed by atoms with Crippen LogP contribution in [0.4, 0.5) is 0 Å². The Hall–Kier alpha value is -5.11. The predicted molar refractivity (Wildman–Crippen MR) is 190 cm³/mol. The first-order chi connectivity index (χ1) is 25.4. The molecular formula is C41H41NO11. The van der Waals surface area contributed by atoms with E-state index in [1.807, 2.05) is 54.6 Å². The average Bonchev–Trinajstić information content (AvgIpc) is 3.15. The lowest BCUT2D eigenvalue weighted by atomic mass is 9.72. The lowest BCUT2D eigenvalue weighted by Crippen LogP contribution is -2.54. The number of methoxy groups -OCH3 is 1. The Labute approximate surface area is 305 Å². The summed E-state index contributed by atoms with van der Waals surface area (Å²) < 4.78 is 23.8. The van der Waals surface area contributed by atoms with Crippen molar-refractivity contribution in [2.75, 3.05) is 7.11 Å². The molecule has 0 saturated carbocycles. The molecule has 5 N–H and O–H groups in total. The van der Waals surface area contributed by atoms with E-state index in [9.17, 15) is 34.8 Å². The Kier molecular flexibility index (Phi) is 9.83. The fourth-order valence-corrected chi connectivity index (χ4v) is 7.56. The number of rotatable bonds is 10. The van der Waals surface area contributed by atoms with E-state index >= 15 is 0 Å². The van der Waals surface area contributed by atoms with Crippen LogP contribution in [0, 0.1) is 0 Å². The van der Waals surface area contributed by atoms with Crippen LogP contribution in [0.1, 0.15) is 86.9 Å². The molecular weight excluding hydrogens is 682 g/mol. The second-order valence-electron chi connectivity index (χ2n) is 13.9. The molecule has 0 aromatic heterocycles. The molecule has 0 spiro atoms. The number of carbonyl (C=O) groups excluding carboxylic acids is 3. The summed E-state index contributed by atoms with van der Waals surface area (Å²) in [5.74, 6) is -2.50. The summed E-state index contributed by atoms with van der Waals surface area (Å²) in [4.78, 5) is 40.5. The number of fused-ring (bicyclic) bond motifs is 3. The van der Waals surface area contributed by atoms with Crippen molar-refractivity contribution < 1.29 is 53.8 Å². The summed E-state index contributed by atoms with van der Waals surface area (Å²) in [5, 5.41) is 49.4. The van der Waals surface area contributed by atoms with Crippen LogP contribution in [0.2, 0.25) is 0 Å². The maximum Gasteiger partial charge on any atom is 0.202 e. The van der Waals surface area contributed by atoms with Crippen LogP contribution in [0.15, 0.2) is 72.8 Å². The zero-order chi connectivity index (χ0) is 37.6. The number of phenolic OH excluding ortho intramolecular Hbond substituents is 2. The molecule has 53 heavy (non-hydrogen) atoms. The van der Waals surface area contributed by atoms with E-state index in [2.05, 4.69) is 5.32 Å². The van der Waals surface area contributed by atoms with Gasteiger partial charge in [-0.25, -0.2) is 0 Å². The van der Waals surface area contributed by atoms with Crippen LogP contribution in [0.25, 0.3) is 0 Å². The molecule has 12 nitrogen and oxygen atoms in total. The number of ketones is 3. The smallest absolute Gasteiger partial charge is 0.202 e. The van der Waals surface area contributed by atoms with Crippen LogP contribution in [0.3, 0.4) is 0 Å². The number of ether oxygens (including phenoxy) is 4. The van der Waals surface area contributed by atoms with E-state index < -0.39 is 82.6 Å². The Morgan fingerprint density at radius 1 is 0.943 bits per heavy atom. The maximum atomic E-state index is 13.9. The molecule has 3 aliphatic rings. The van der Waals surface area contributed by atoms with Gasteiger partial charge in [-0.2, -0.15) is 0 Å². The van der Waals surface area contributed by atoms with E-state index in [0.717, 1.165) is 11.1 Å². The molecule has 0 radical (unpaired) electrons. The highest BCUT2D eigenvalue weighted by molar-refractivity contribution is 6.31. The standard InChI is InChI=1S/C41H41NO11/c1-21-36(44)28(42-19-24-11-7-12-25(15-24)51-20-23-9-5-4-6-10-23)16-31(52-21)53-30-18-41(49,22(2)43)17-27-33(30)40(48)35-34(38(27)46)37(45)26-13-8-14-29(50-3)32(26)39(35)47/h4-15,21,28,30-31,36,42,44,46,48-49H,16-20H2,1-3H3/t21-,28-,30-,31-,36+,41-/m0/s1. The summed E-state index contributed by atoms with van der Waals surface area (Å²) in [6.07, 6.45) is -4.58. The van der Waals surface area contributed by atoms with Gasteiger partial charge in [0.2, 0.25) is 5.78 Å². The minimum absolute atomic E-state index is 0.0185. The summed E-state index contributed by atoms with van der Waals surface area (Å²) >= 11 is 0. The van der Waals surface area contributed by atoms with Gasteiger partial charge in [0.25, 0.3) is 0 Å². The molecule has 2 aliphatic carbocycles. The average molecular weight is 724 g/mol. The largest absolute Gasteiger partial charge is 0.507 e. The number of benzene rings is 4. The van der Waals surface area contributed by atoms with Crippen molar-refractivity contribution >= 4 is 17.3 Å². The lowest BCUT2D eigenvalue weighted by Gasteiger charge is -2.43. The number of carbonyl (C=O) groups is 3. The molecule has 7 rings (SSSR count). The zero-order valence-corrected chi connectivity index (χ0v) is 29.5. The molecule has 0 bridgehead atoms. The third-order valence-electron chi connectivity index (χ3n) is 10.5. The normalized spacial score (nSPS) is 24.9. The molecule has 1 aliphatic heterocycles. The van der Waals surface area contributed by atoms with Gasteiger partial charge in [-0.3, -0.25) is 14.4 Å². The molecule has 1 saturated heterocycles. The number of aromatic hydroxyl groups is 2. The highest BCUT2D eigenvalue weighted by Gasteiger charge is 2.49. The van der Waals surface area contributed by atoms with Crippen molar-refractivity contribution in [3.63, 3.8) is 0 Å². The summed E-state index contributed by atoms with van der Waals surface area (Å²) in [7, 11) is 1.35. The second kappa shape index (κ2) is 14.4. The number of hydrogen-bond donors (Lipinski definition) is 5.